The van der Waals surface area contributed by atoms with E-state index in [1.54, 1.807) is 35.6 Å². The molecule has 0 unspecified atom stereocenters. The molecule has 4 nitrogen and oxygen atoms in total. The van der Waals surface area contributed by atoms with Crippen LogP contribution in [-0.2, 0) is 22.4 Å². The zero-order valence-electron chi connectivity index (χ0n) is 12.7. The number of benzene rings is 1. The normalized spacial score (nSPS) is 17.9. The Kier molecular flexibility index (Phi) is 5.79. The van der Waals surface area contributed by atoms with Gasteiger partial charge in [-0.1, -0.05) is 49.9 Å². The van der Waals surface area contributed by atoms with Crippen LogP contribution < -0.4 is 0 Å². The van der Waals surface area contributed by atoms with Gasteiger partial charge in [0.05, 0.1) is 12.4 Å². The quantitative estimate of drug-likeness (QED) is 0.851. The van der Waals surface area contributed by atoms with Crippen LogP contribution in [0.5, 0.6) is 0 Å². The number of rotatable bonds is 5. The van der Waals surface area contributed by atoms with Crippen LogP contribution in [0.2, 0.25) is 0 Å². The van der Waals surface area contributed by atoms with Crippen LogP contribution in [0.15, 0.2) is 24.3 Å². The van der Waals surface area contributed by atoms with Crippen LogP contribution in [0.3, 0.4) is 0 Å². The van der Waals surface area contributed by atoms with Crippen LogP contribution in [0.1, 0.15) is 49.7 Å². The fourth-order valence-corrected chi connectivity index (χ4v) is 4.45. The standard InChI is InChI=1S/C16H25NO3S/c1-17(16-9-4-2-3-5-10-16)21(19,20)13-15-8-6-7-14(11-15)12-18/h6-8,11,16,18H,2-5,9-10,12-13H2,1H3. The third-order valence-corrected chi connectivity index (χ3v) is 6.17. The summed E-state index contributed by atoms with van der Waals surface area (Å²) < 4.78 is 26.7. The first kappa shape index (κ1) is 16.5. The Labute approximate surface area is 127 Å². The van der Waals surface area contributed by atoms with Crippen LogP contribution in [0.25, 0.3) is 0 Å². The molecule has 21 heavy (non-hydrogen) atoms. The van der Waals surface area contributed by atoms with Gasteiger partial charge >= 0.3 is 0 Å². The van der Waals surface area contributed by atoms with Crippen LogP contribution in [-0.4, -0.2) is 30.9 Å². The molecule has 0 radical (unpaired) electrons. The van der Waals surface area contributed by atoms with Crippen molar-refractivity contribution in [1.82, 2.24) is 4.31 Å². The molecule has 0 aliphatic heterocycles. The third kappa shape index (κ3) is 4.53. The van der Waals surface area contributed by atoms with Gasteiger partial charge in [-0.25, -0.2) is 12.7 Å². The number of aliphatic hydroxyl groups is 1. The van der Waals surface area contributed by atoms with Crippen LogP contribution in [0.4, 0.5) is 0 Å². The fourth-order valence-electron chi connectivity index (χ4n) is 2.98. The maximum Gasteiger partial charge on any atom is 0.218 e. The average Bonchev–Trinajstić information content (AvgIpc) is 2.75. The SMILES string of the molecule is CN(C1CCCCCC1)S(=O)(=O)Cc1cccc(CO)c1. The summed E-state index contributed by atoms with van der Waals surface area (Å²) in [6.45, 7) is -0.0631. The van der Waals surface area contributed by atoms with Crippen molar-refractivity contribution in [3.8, 4) is 0 Å². The molecule has 5 heteroatoms. The van der Waals surface area contributed by atoms with Gasteiger partial charge in [0.15, 0.2) is 0 Å². The lowest BCUT2D eigenvalue weighted by molar-refractivity contribution is 0.281. The lowest BCUT2D eigenvalue weighted by atomic mass is 10.1. The van der Waals surface area contributed by atoms with E-state index in [-0.39, 0.29) is 18.4 Å². The third-order valence-electron chi connectivity index (χ3n) is 4.30. The predicted molar refractivity (Wildman–Crippen MR) is 84.2 cm³/mol. The largest absolute Gasteiger partial charge is 0.392 e. The second kappa shape index (κ2) is 7.38. The first-order chi connectivity index (χ1) is 10.0. The van der Waals surface area contributed by atoms with E-state index in [0.29, 0.717) is 0 Å². The Hall–Kier alpha value is -0.910. The predicted octanol–water partition coefficient (Wildman–Crippen LogP) is 2.66. The maximum atomic E-state index is 12.6. The Morgan fingerprint density at radius 1 is 1.14 bits per heavy atom. The van der Waals surface area contributed by atoms with Crippen molar-refractivity contribution in [3.05, 3.63) is 35.4 Å². The second-order valence-corrected chi connectivity index (χ2v) is 7.92. The molecule has 1 N–H and O–H groups in total. The zero-order valence-corrected chi connectivity index (χ0v) is 13.5. The number of aliphatic hydroxyl groups excluding tert-OH is 1. The topological polar surface area (TPSA) is 57.6 Å². The Morgan fingerprint density at radius 2 is 1.76 bits per heavy atom. The van der Waals surface area contributed by atoms with Crippen molar-refractivity contribution in [2.75, 3.05) is 7.05 Å². The van der Waals surface area contributed by atoms with Gasteiger partial charge in [0.25, 0.3) is 0 Å². The molecule has 1 aromatic rings. The summed E-state index contributed by atoms with van der Waals surface area (Å²) in [5.74, 6) is 0.00778. The molecule has 0 aromatic heterocycles. The molecule has 0 amide bonds. The molecule has 2 rings (SSSR count). The molecule has 0 bridgehead atoms. The summed E-state index contributed by atoms with van der Waals surface area (Å²) in [4.78, 5) is 0. The molecule has 1 fully saturated rings. The molecule has 1 aliphatic carbocycles. The monoisotopic (exact) mass is 311 g/mol. The Morgan fingerprint density at radius 3 is 2.38 bits per heavy atom. The highest BCUT2D eigenvalue weighted by Gasteiger charge is 2.27. The van der Waals surface area contributed by atoms with E-state index in [0.717, 1.165) is 36.8 Å². The van der Waals surface area contributed by atoms with E-state index in [1.165, 1.54) is 12.8 Å². The molecule has 0 spiro atoms. The number of hydrogen-bond acceptors (Lipinski definition) is 3. The van der Waals surface area contributed by atoms with E-state index in [2.05, 4.69) is 0 Å². The first-order valence-corrected chi connectivity index (χ1v) is 9.28. The van der Waals surface area contributed by atoms with Gasteiger partial charge in [-0.3, -0.25) is 0 Å². The van der Waals surface area contributed by atoms with Crippen LogP contribution >= 0.6 is 0 Å². The highest BCUT2D eigenvalue weighted by atomic mass is 32.2. The van der Waals surface area contributed by atoms with Crippen LogP contribution in [0, 0.1) is 0 Å². The number of hydrogen-bond donors (Lipinski definition) is 1. The minimum absolute atomic E-state index is 0.00778. The molecule has 118 valence electrons. The summed E-state index contributed by atoms with van der Waals surface area (Å²) in [6.07, 6.45) is 6.58. The molecular formula is C16H25NO3S. The van der Waals surface area contributed by atoms with E-state index in [9.17, 15) is 8.42 Å². The Bertz CT molecular complexity index is 548. The van der Waals surface area contributed by atoms with Gasteiger partial charge in [-0.15, -0.1) is 0 Å². The van der Waals surface area contributed by atoms with E-state index < -0.39 is 10.0 Å². The fraction of sp³-hybridized carbons (Fsp3) is 0.625. The lowest BCUT2D eigenvalue weighted by Crippen LogP contribution is -2.37. The maximum absolute atomic E-state index is 12.6. The van der Waals surface area contributed by atoms with Crippen molar-refractivity contribution in [2.45, 2.75) is 56.9 Å². The van der Waals surface area contributed by atoms with Crippen molar-refractivity contribution < 1.29 is 13.5 Å². The van der Waals surface area contributed by atoms with Crippen molar-refractivity contribution in [2.24, 2.45) is 0 Å². The summed E-state index contributed by atoms with van der Waals surface area (Å²) in [5, 5.41) is 9.14. The van der Waals surface area contributed by atoms with E-state index >= 15 is 0 Å². The lowest BCUT2D eigenvalue weighted by Gasteiger charge is -2.26. The zero-order chi connectivity index (χ0) is 15.3. The summed E-state index contributed by atoms with van der Waals surface area (Å²) in [7, 11) is -1.59. The smallest absolute Gasteiger partial charge is 0.218 e. The van der Waals surface area contributed by atoms with Gasteiger partial charge in [0.1, 0.15) is 0 Å². The molecule has 1 saturated carbocycles. The summed E-state index contributed by atoms with van der Waals surface area (Å²) in [5.41, 5.74) is 1.49. The number of nitrogens with zero attached hydrogens (tertiary/aromatic N) is 1. The summed E-state index contributed by atoms with van der Waals surface area (Å²) in [6, 6.07) is 7.29. The molecule has 0 heterocycles. The second-order valence-electron chi connectivity index (χ2n) is 5.90. The van der Waals surface area contributed by atoms with Gasteiger partial charge in [0.2, 0.25) is 10.0 Å². The van der Waals surface area contributed by atoms with Crippen molar-refractivity contribution in [3.63, 3.8) is 0 Å². The highest BCUT2D eigenvalue weighted by Crippen LogP contribution is 2.24. The minimum atomic E-state index is -3.30. The molecule has 1 aliphatic rings. The van der Waals surface area contributed by atoms with Gasteiger partial charge in [0, 0.05) is 13.1 Å². The average molecular weight is 311 g/mol. The van der Waals surface area contributed by atoms with E-state index in [4.69, 9.17) is 5.11 Å². The molecule has 0 saturated heterocycles. The van der Waals surface area contributed by atoms with Gasteiger partial charge in [-0.05, 0) is 24.0 Å². The van der Waals surface area contributed by atoms with Gasteiger partial charge in [-0.2, -0.15) is 0 Å². The first-order valence-electron chi connectivity index (χ1n) is 7.67. The summed E-state index contributed by atoms with van der Waals surface area (Å²) >= 11 is 0. The van der Waals surface area contributed by atoms with E-state index in [1.807, 2.05) is 0 Å². The minimum Gasteiger partial charge on any atom is -0.392 e. The molecule has 1 aromatic carbocycles. The van der Waals surface area contributed by atoms with Crippen molar-refractivity contribution in [1.29, 1.82) is 0 Å². The number of sulfonamides is 1. The van der Waals surface area contributed by atoms with Crippen molar-refractivity contribution >= 4 is 10.0 Å². The molecular weight excluding hydrogens is 286 g/mol. The molecule has 0 atom stereocenters. The van der Waals surface area contributed by atoms with Gasteiger partial charge < -0.3 is 5.11 Å². The highest BCUT2D eigenvalue weighted by molar-refractivity contribution is 7.88. The Balaban J connectivity index is 2.09.